The number of aryl methyl sites for hydroxylation is 1. The molecule has 0 saturated carbocycles. The van der Waals surface area contributed by atoms with Crippen LogP contribution in [0.25, 0.3) is 11.0 Å². The van der Waals surface area contributed by atoms with Gasteiger partial charge in [-0.1, -0.05) is 0 Å². The zero-order valence-corrected chi connectivity index (χ0v) is 9.83. The first-order valence-corrected chi connectivity index (χ1v) is 5.34. The van der Waals surface area contributed by atoms with Crippen LogP contribution in [0.3, 0.4) is 0 Å². The molecule has 0 aliphatic rings. The Hall–Kier alpha value is -2.22. The van der Waals surface area contributed by atoms with Crippen molar-refractivity contribution in [1.29, 1.82) is 0 Å². The van der Waals surface area contributed by atoms with Gasteiger partial charge in [-0.2, -0.15) is 5.10 Å². The molecule has 0 bridgehead atoms. The van der Waals surface area contributed by atoms with Crippen LogP contribution in [0.1, 0.15) is 0 Å². The molecule has 0 unspecified atom stereocenters. The highest BCUT2D eigenvalue weighted by Crippen LogP contribution is 2.16. The van der Waals surface area contributed by atoms with E-state index < -0.39 is 5.97 Å². The molecule has 0 aliphatic heterocycles. The summed E-state index contributed by atoms with van der Waals surface area (Å²) in [5.74, 6) is -0.321. The van der Waals surface area contributed by atoms with E-state index in [2.05, 4.69) is 20.4 Å². The quantitative estimate of drug-likeness (QED) is 0.690. The Labute approximate surface area is 103 Å². The monoisotopic (exact) mass is 251 g/mol. The third-order valence-corrected chi connectivity index (χ3v) is 2.29. The third kappa shape index (κ3) is 2.72. The summed E-state index contributed by atoms with van der Waals surface area (Å²) >= 11 is 0. The fraction of sp³-hybridized carbons (Fsp3) is 0.400. The fourth-order valence-corrected chi connectivity index (χ4v) is 1.50. The van der Waals surface area contributed by atoms with Gasteiger partial charge in [0.2, 0.25) is 0 Å². The number of nitrogens with zero attached hydrogens (tertiary/aromatic N) is 4. The van der Waals surface area contributed by atoms with Crippen LogP contribution in [0.2, 0.25) is 0 Å². The molecule has 2 aromatic rings. The van der Waals surface area contributed by atoms with Crippen molar-refractivity contribution in [1.82, 2.24) is 19.7 Å². The molecule has 2 aromatic heterocycles. The molecule has 96 valence electrons. The second kappa shape index (κ2) is 5.41. The first-order valence-electron chi connectivity index (χ1n) is 5.34. The van der Waals surface area contributed by atoms with Crippen molar-refractivity contribution in [2.24, 2.45) is 7.05 Å². The van der Waals surface area contributed by atoms with Crippen molar-refractivity contribution in [3.63, 3.8) is 0 Å². The molecule has 0 atom stereocenters. The van der Waals surface area contributed by atoms with Gasteiger partial charge in [0.15, 0.2) is 5.65 Å². The minimum atomic E-state index is -0.980. The molecule has 0 amide bonds. The zero-order chi connectivity index (χ0) is 13.0. The lowest BCUT2D eigenvalue weighted by Crippen LogP contribution is -2.14. The highest BCUT2D eigenvalue weighted by atomic mass is 16.5. The predicted molar refractivity (Wildman–Crippen MR) is 63.2 cm³/mol. The lowest BCUT2D eigenvalue weighted by molar-refractivity contribution is -0.142. The summed E-state index contributed by atoms with van der Waals surface area (Å²) in [7, 11) is 1.80. The Bertz CT molecular complexity index is 553. The lowest BCUT2D eigenvalue weighted by atomic mass is 10.4. The number of ether oxygens (including phenoxy) is 1. The van der Waals surface area contributed by atoms with Gasteiger partial charge in [0.25, 0.3) is 0 Å². The minimum absolute atomic E-state index is 0.290. The smallest absolute Gasteiger partial charge is 0.329 e. The van der Waals surface area contributed by atoms with E-state index in [1.807, 2.05) is 0 Å². The fourth-order valence-electron chi connectivity index (χ4n) is 1.50. The standard InChI is InChI=1S/C10H13N5O3/c1-15-10-7(4-14-15)9(12-6-13-10)11-2-3-18-5-8(16)17/h4,6H,2-3,5H2,1H3,(H,16,17)(H,11,12,13). The number of anilines is 1. The van der Waals surface area contributed by atoms with Gasteiger partial charge < -0.3 is 15.2 Å². The summed E-state index contributed by atoms with van der Waals surface area (Å²) < 4.78 is 6.56. The molecule has 2 N–H and O–H groups in total. The number of hydrogen-bond acceptors (Lipinski definition) is 6. The van der Waals surface area contributed by atoms with Crippen molar-refractivity contribution in [2.45, 2.75) is 0 Å². The van der Waals surface area contributed by atoms with Crippen molar-refractivity contribution in [3.05, 3.63) is 12.5 Å². The third-order valence-electron chi connectivity index (χ3n) is 2.29. The highest BCUT2D eigenvalue weighted by Gasteiger charge is 2.06. The van der Waals surface area contributed by atoms with E-state index in [9.17, 15) is 4.79 Å². The van der Waals surface area contributed by atoms with Gasteiger partial charge in [-0.15, -0.1) is 0 Å². The number of carboxylic acids is 1. The molecule has 0 radical (unpaired) electrons. The van der Waals surface area contributed by atoms with Gasteiger partial charge in [0.1, 0.15) is 18.8 Å². The molecule has 0 spiro atoms. The number of nitrogens with one attached hydrogen (secondary N) is 1. The predicted octanol–water partition coefficient (Wildman–Crippen LogP) is -0.124. The molecule has 0 aromatic carbocycles. The van der Waals surface area contributed by atoms with Gasteiger partial charge in [-0.25, -0.2) is 14.8 Å². The van der Waals surface area contributed by atoms with Gasteiger partial charge >= 0.3 is 5.97 Å². The van der Waals surface area contributed by atoms with Crippen molar-refractivity contribution >= 4 is 22.8 Å². The Morgan fingerprint density at radius 3 is 3.17 bits per heavy atom. The highest BCUT2D eigenvalue weighted by molar-refractivity contribution is 5.85. The minimum Gasteiger partial charge on any atom is -0.480 e. The number of rotatable bonds is 6. The second-order valence-corrected chi connectivity index (χ2v) is 3.60. The maximum absolute atomic E-state index is 10.2. The molecule has 8 heteroatoms. The first kappa shape index (κ1) is 12.2. The Morgan fingerprint density at radius 2 is 2.39 bits per heavy atom. The molecule has 0 fully saturated rings. The Balaban J connectivity index is 1.93. The Morgan fingerprint density at radius 1 is 1.56 bits per heavy atom. The van der Waals surface area contributed by atoms with E-state index in [4.69, 9.17) is 9.84 Å². The van der Waals surface area contributed by atoms with Gasteiger partial charge in [0.05, 0.1) is 18.2 Å². The molecule has 0 saturated heterocycles. The summed E-state index contributed by atoms with van der Waals surface area (Å²) in [6.07, 6.45) is 3.13. The van der Waals surface area contributed by atoms with Crippen molar-refractivity contribution in [3.8, 4) is 0 Å². The lowest BCUT2D eigenvalue weighted by Gasteiger charge is -2.06. The van der Waals surface area contributed by atoms with Crippen molar-refractivity contribution in [2.75, 3.05) is 25.1 Å². The van der Waals surface area contributed by atoms with E-state index in [-0.39, 0.29) is 13.2 Å². The van der Waals surface area contributed by atoms with Crippen LogP contribution in [0.4, 0.5) is 5.82 Å². The topological polar surface area (TPSA) is 102 Å². The molecule has 2 heterocycles. The number of hydrogen-bond donors (Lipinski definition) is 2. The molecule has 18 heavy (non-hydrogen) atoms. The summed E-state index contributed by atoms with van der Waals surface area (Å²) in [6.45, 7) is 0.458. The normalized spacial score (nSPS) is 10.7. The van der Waals surface area contributed by atoms with Crippen LogP contribution >= 0.6 is 0 Å². The maximum Gasteiger partial charge on any atom is 0.329 e. The van der Waals surface area contributed by atoms with Crippen LogP contribution in [-0.2, 0) is 16.6 Å². The molecular formula is C10H13N5O3. The molecular weight excluding hydrogens is 238 g/mol. The van der Waals surface area contributed by atoms with Crippen LogP contribution in [0, 0.1) is 0 Å². The summed E-state index contributed by atoms with van der Waals surface area (Å²) in [6, 6.07) is 0. The van der Waals surface area contributed by atoms with E-state index >= 15 is 0 Å². The molecule has 2 rings (SSSR count). The number of carboxylic acid groups (broad SMARTS) is 1. The van der Waals surface area contributed by atoms with Crippen LogP contribution < -0.4 is 5.32 Å². The van der Waals surface area contributed by atoms with Crippen LogP contribution in [0.5, 0.6) is 0 Å². The van der Waals surface area contributed by atoms with E-state index in [0.29, 0.717) is 12.4 Å². The average molecular weight is 251 g/mol. The van der Waals surface area contributed by atoms with Gasteiger partial charge in [-0.3, -0.25) is 4.68 Å². The van der Waals surface area contributed by atoms with E-state index in [1.54, 1.807) is 17.9 Å². The number of aliphatic carboxylic acids is 1. The summed E-state index contributed by atoms with van der Waals surface area (Å²) in [4.78, 5) is 18.4. The van der Waals surface area contributed by atoms with Crippen LogP contribution in [0.15, 0.2) is 12.5 Å². The summed E-state index contributed by atoms with van der Waals surface area (Å²) in [5, 5.41) is 16.4. The zero-order valence-electron chi connectivity index (χ0n) is 9.83. The SMILES string of the molecule is Cn1ncc2c(NCCOCC(=O)O)ncnc21. The Kier molecular flexibility index (Phi) is 3.68. The van der Waals surface area contributed by atoms with Gasteiger partial charge in [-0.05, 0) is 0 Å². The van der Waals surface area contributed by atoms with E-state index in [1.165, 1.54) is 6.33 Å². The van der Waals surface area contributed by atoms with Gasteiger partial charge in [0, 0.05) is 13.6 Å². The first-order chi connectivity index (χ1) is 8.68. The number of aromatic nitrogens is 4. The average Bonchev–Trinajstić information content (AvgIpc) is 2.71. The molecule has 0 aliphatic carbocycles. The molecule has 8 nitrogen and oxygen atoms in total. The van der Waals surface area contributed by atoms with Crippen molar-refractivity contribution < 1.29 is 14.6 Å². The number of fused-ring (bicyclic) bond motifs is 1. The number of carbonyl (C=O) groups is 1. The second-order valence-electron chi connectivity index (χ2n) is 3.60. The van der Waals surface area contributed by atoms with E-state index in [0.717, 1.165) is 11.0 Å². The summed E-state index contributed by atoms with van der Waals surface area (Å²) in [5.41, 5.74) is 0.735. The van der Waals surface area contributed by atoms with Crippen LogP contribution in [-0.4, -0.2) is 50.6 Å². The largest absolute Gasteiger partial charge is 0.480 e. The maximum atomic E-state index is 10.2.